The summed E-state index contributed by atoms with van der Waals surface area (Å²) < 4.78 is 15.4. The minimum absolute atomic E-state index is 0.0333. The van der Waals surface area contributed by atoms with Gasteiger partial charge in [0.25, 0.3) is 0 Å². The molecule has 2 aromatic rings. The Balaban J connectivity index is 1.52. The molecule has 0 spiro atoms. The van der Waals surface area contributed by atoms with E-state index in [0.29, 0.717) is 6.54 Å². The number of benzene rings is 1. The van der Waals surface area contributed by atoms with Gasteiger partial charge in [0.1, 0.15) is 5.82 Å². The Morgan fingerprint density at radius 1 is 1.44 bits per heavy atom. The summed E-state index contributed by atoms with van der Waals surface area (Å²) in [6.45, 7) is 1.43. The molecule has 2 aliphatic heterocycles. The lowest BCUT2D eigenvalue weighted by Gasteiger charge is -2.28. The Hall–Kier alpha value is -1.86. The molecule has 0 bridgehead atoms. The molecule has 1 aromatic heterocycles. The number of aromatic nitrogens is 2. The van der Waals surface area contributed by atoms with E-state index in [1.165, 1.54) is 6.07 Å². The first-order valence-electron chi connectivity index (χ1n) is 8.53. The highest BCUT2D eigenvalue weighted by molar-refractivity contribution is 7.99. The SMILES string of the molecule is Cn1cc([C@H]2CNC[C@@H]2C(=O)NC2CCSc3ccc(F)cc32)cn1. The maximum atomic E-state index is 13.7. The molecule has 0 aliphatic carbocycles. The second-order valence-corrected chi connectivity index (χ2v) is 7.84. The van der Waals surface area contributed by atoms with Crippen LogP contribution in [0.1, 0.15) is 29.5 Å². The molecule has 5 nitrogen and oxygen atoms in total. The van der Waals surface area contributed by atoms with Gasteiger partial charge in [-0.25, -0.2) is 4.39 Å². The first kappa shape index (κ1) is 16.6. The molecular formula is C18H21FN4OS. The molecule has 1 aromatic carbocycles. The number of aryl methyl sites for hydroxylation is 1. The normalized spacial score (nSPS) is 25.6. The van der Waals surface area contributed by atoms with Crippen molar-refractivity contribution in [3.8, 4) is 0 Å². The molecule has 2 aliphatic rings. The summed E-state index contributed by atoms with van der Waals surface area (Å²) in [5, 5.41) is 10.7. The van der Waals surface area contributed by atoms with Gasteiger partial charge in [-0.2, -0.15) is 5.10 Å². The topological polar surface area (TPSA) is 59.0 Å². The van der Waals surface area contributed by atoms with Crippen LogP contribution in [0.2, 0.25) is 0 Å². The van der Waals surface area contributed by atoms with Crippen molar-refractivity contribution in [2.75, 3.05) is 18.8 Å². The monoisotopic (exact) mass is 360 g/mol. The van der Waals surface area contributed by atoms with Crippen molar-refractivity contribution in [2.24, 2.45) is 13.0 Å². The van der Waals surface area contributed by atoms with Gasteiger partial charge in [0.15, 0.2) is 0 Å². The number of carbonyl (C=O) groups excluding carboxylic acids is 1. The predicted molar refractivity (Wildman–Crippen MR) is 94.9 cm³/mol. The number of hydrogen-bond acceptors (Lipinski definition) is 4. The predicted octanol–water partition coefficient (Wildman–Crippen LogP) is 2.22. The largest absolute Gasteiger partial charge is 0.349 e. The van der Waals surface area contributed by atoms with Crippen molar-refractivity contribution in [2.45, 2.75) is 23.3 Å². The van der Waals surface area contributed by atoms with Crippen molar-refractivity contribution < 1.29 is 9.18 Å². The van der Waals surface area contributed by atoms with Crippen molar-refractivity contribution in [1.82, 2.24) is 20.4 Å². The van der Waals surface area contributed by atoms with Crippen molar-refractivity contribution in [1.29, 1.82) is 0 Å². The van der Waals surface area contributed by atoms with Crippen LogP contribution in [0.25, 0.3) is 0 Å². The van der Waals surface area contributed by atoms with Crippen LogP contribution in [0.15, 0.2) is 35.5 Å². The summed E-state index contributed by atoms with van der Waals surface area (Å²) in [7, 11) is 1.88. The molecule has 1 unspecified atom stereocenters. The van der Waals surface area contributed by atoms with E-state index in [0.717, 1.165) is 34.7 Å². The number of rotatable bonds is 3. The molecule has 1 amide bonds. The van der Waals surface area contributed by atoms with Gasteiger partial charge < -0.3 is 10.6 Å². The Morgan fingerprint density at radius 2 is 2.32 bits per heavy atom. The Labute approximate surface area is 150 Å². The summed E-state index contributed by atoms with van der Waals surface area (Å²) in [6, 6.07) is 4.73. The van der Waals surface area contributed by atoms with Crippen LogP contribution >= 0.6 is 11.8 Å². The molecule has 0 saturated carbocycles. The average molecular weight is 360 g/mol. The fourth-order valence-corrected chi connectivity index (χ4v) is 4.84. The summed E-state index contributed by atoms with van der Waals surface area (Å²) in [5.41, 5.74) is 1.98. The quantitative estimate of drug-likeness (QED) is 0.881. The summed E-state index contributed by atoms with van der Waals surface area (Å²) in [4.78, 5) is 14.0. The van der Waals surface area contributed by atoms with Gasteiger partial charge in [-0.05, 0) is 35.7 Å². The highest BCUT2D eigenvalue weighted by atomic mass is 32.2. The van der Waals surface area contributed by atoms with Crippen LogP contribution < -0.4 is 10.6 Å². The Kier molecular flexibility index (Phi) is 4.52. The lowest BCUT2D eigenvalue weighted by molar-refractivity contribution is -0.125. The third-order valence-corrected chi connectivity index (χ3v) is 6.15. The summed E-state index contributed by atoms with van der Waals surface area (Å²) in [5.74, 6) is 0.704. The highest BCUT2D eigenvalue weighted by Gasteiger charge is 2.36. The summed E-state index contributed by atoms with van der Waals surface area (Å²) in [6.07, 6.45) is 4.63. The molecular weight excluding hydrogens is 339 g/mol. The lowest BCUT2D eigenvalue weighted by Crippen LogP contribution is -2.38. The van der Waals surface area contributed by atoms with E-state index in [1.54, 1.807) is 22.5 Å². The summed E-state index contributed by atoms with van der Waals surface area (Å²) >= 11 is 1.72. The van der Waals surface area contributed by atoms with Crippen LogP contribution in [-0.4, -0.2) is 34.5 Å². The van der Waals surface area contributed by atoms with Crippen LogP contribution in [0.5, 0.6) is 0 Å². The van der Waals surface area contributed by atoms with E-state index in [2.05, 4.69) is 15.7 Å². The van der Waals surface area contributed by atoms with Gasteiger partial charge in [-0.1, -0.05) is 0 Å². The number of hydrogen-bond donors (Lipinski definition) is 2. The van der Waals surface area contributed by atoms with Gasteiger partial charge in [0.2, 0.25) is 5.91 Å². The maximum Gasteiger partial charge on any atom is 0.225 e. The standard InChI is InChI=1S/C18H21FN4OS/c1-23-10-11(7-21-23)14-8-20-9-15(14)18(24)22-16-4-5-25-17-3-2-12(19)6-13(16)17/h2-3,6-7,10,14-16,20H,4-5,8-9H2,1H3,(H,22,24)/t14-,15+,16?/m1/s1. The second kappa shape index (κ2) is 6.80. The van der Waals surface area contributed by atoms with E-state index in [-0.39, 0.29) is 29.6 Å². The third kappa shape index (κ3) is 3.30. The van der Waals surface area contributed by atoms with E-state index in [4.69, 9.17) is 0 Å². The second-order valence-electron chi connectivity index (χ2n) is 6.70. The van der Waals surface area contributed by atoms with Gasteiger partial charge in [0.05, 0.1) is 18.2 Å². The van der Waals surface area contributed by atoms with Gasteiger partial charge >= 0.3 is 0 Å². The maximum absolute atomic E-state index is 13.7. The molecule has 132 valence electrons. The zero-order valence-corrected chi connectivity index (χ0v) is 14.9. The number of fused-ring (bicyclic) bond motifs is 1. The van der Waals surface area contributed by atoms with E-state index in [9.17, 15) is 9.18 Å². The van der Waals surface area contributed by atoms with Crippen LogP contribution in [0.3, 0.4) is 0 Å². The average Bonchev–Trinajstić information content (AvgIpc) is 3.24. The van der Waals surface area contributed by atoms with Crippen LogP contribution in [0, 0.1) is 11.7 Å². The van der Waals surface area contributed by atoms with Crippen molar-refractivity contribution in [3.05, 3.63) is 47.5 Å². The van der Waals surface area contributed by atoms with Gasteiger partial charge in [-0.3, -0.25) is 9.48 Å². The number of nitrogens with one attached hydrogen (secondary N) is 2. The smallest absolute Gasteiger partial charge is 0.225 e. The Morgan fingerprint density at radius 3 is 3.12 bits per heavy atom. The third-order valence-electron chi connectivity index (χ3n) is 5.03. The minimum Gasteiger partial charge on any atom is -0.349 e. The first-order valence-corrected chi connectivity index (χ1v) is 9.52. The Bertz CT molecular complexity index is 793. The number of halogens is 1. The fraction of sp³-hybridized carbons (Fsp3) is 0.444. The van der Waals surface area contributed by atoms with Crippen molar-refractivity contribution in [3.63, 3.8) is 0 Å². The molecule has 3 atom stereocenters. The molecule has 25 heavy (non-hydrogen) atoms. The van der Waals surface area contributed by atoms with E-state index < -0.39 is 0 Å². The molecule has 1 fully saturated rings. The van der Waals surface area contributed by atoms with Gasteiger partial charge in [0, 0.05) is 42.9 Å². The molecule has 1 saturated heterocycles. The van der Waals surface area contributed by atoms with E-state index >= 15 is 0 Å². The fourth-order valence-electron chi connectivity index (χ4n) is 3.73. The molecule has 0 radical (unpaired) electrons. The zero-order valence-electron chi connectivity index (χ0n) is 14.0. The molecule has 7 heteroatoms. The van der Waals surface area contributed by atoms with Gasteiger partial charge in [-0.15, -0.1) is 11.8 Å². The molecule has 3 heterocycles. The number of amides is 1. The van der Waals surface area contributed by atoms with Crippen LogP contribution in [0.4, 0.5) is 4.39 Å². The number of nitrogens with zero attached hydrogens (tertiary/aromatic N) is 2. The lowest BCUT2D eigenvalue weighted by atomic mass is 9.89. The number of carbonyl (C=O) groups is 1. The molecule has 4 rings (SSSR count). The highest BCUT2D eigenvalue weighted by Crippen LogP contribution is 2.37. The zero-order chi connectivity index (χ0) is 17.4. The van der Waals surface area contributed by atoms with E-state index in [1.807, 2.05) is 25.5 Å². The minimum atomic E-state index is -0.253. The molecule has 2 N–H and O–H groups in total. The first-order chi connectivity index (χ1) is 12.1. The van der Waals surface area contributed by atoms with Crippen molar-refractivity contribution >= 4 is 17.7 Å². The number of thioether (sulfide) groups is 1. The van der Waals surface area contributed by atoms with Crippen LogP contribution in [-0.2, 0) is 11.8 Å².